The lowest BCUT2D eigenvalue weighted by Crippen LogP contribution is -2.27. The summed E-state index contributed by atoms with van der Waals surface area (Å²) in [5.74, 6) is 1.24. The Kier molecular flexibility index (Phi) is 6.12. The summed E-state index contributed by atoms with van der Waals surface area (Å²) in [7, 11) is 5.37. The summed E-state index contributed by atoms with van der Waals surface area (Å²) in [4.78, 5) is 22.6. The Labute approximate surface area is 142 Å². The number of para-hydroxylation sites is 1. The van der Waals surface area contributed by atoms with Crippen LogP contribution in [0.3, 0.4) is 0 Å². The Morgan fingerprint density at radius 2 is 2.00 bits per heavy atom. The second-order valence-corrected chi connectivity index (χ2v) is 5.76. The molecule has 1 N–H and O–H groups in total. The van der Waals surface area contributed by atoms with Crippen molar-refractivity contribution in [2.45, 2.75) is 19.8 Å². The van der Waals surface area contributed by atoms with Crippen LogP contribution in [0.25, 0.3) is 0 Å². The lowest BCUT2D eigenvalue weighted by molar-refractivity contribution is 0.0948. The van der Waals surface area contributed by atoms with E-state index in [9.17, 15) is 4.79 Å². The van der Waals surface area contributed by atoms with Gasteiger partial charge in [0, 0.05) is 26.3 Å². The molecule has 24 heavy (non-hydrogen) atoms. The number of amides is 1. The molecule has 0 atom stereocenters. The maximum Gasteiger partial charge on any atom is 0.270 e. The molecule has 128 valence electrons. The smallest absolute Gasteiger partial charge is 0.270 e. The number of carbonyl (C=O) groups excluding carboxylic acids is 1. The van der Waals surface area contributed by atoms with Crippen LogP contribution in [-0.4, -0.2) is 43.6 Å². The normalized spacial score (nSPS) is 10.3. The number of aromatic nitrogens is 2. The van der Waals surface area contributed by atoms with Crippen LogP contribution in [0, 0.1) is 6.92 Å². The first kappa shape index (κ1) is 17.7. The molecule has 6 nitrogen and oxygen atoms in total. The fourth-order valence-corrected chi connectivity index (χ4v) is 2.35. The molecule has 1 heterocycles. The van der Waals surface area contributed by atoms with E-state index in [-0.39, 0.29) is 5.91 Å². The van der Waals surface area contributed by atoms with Gasteiger partial charge < -0.3 is 15.0 Å². The molecule has 1 aromatic heterocycles. The molecule has 0 unspecified atom stereocenters. The number of aryl methyl sites for hydroxylation is 2. The SMILES string of the molecule is COc1ccccc1CCCNC(=O)c1cc(C)nc(N(C)C)n1. The molecule has 0 bridgehead atoms. The Balaban J connectivity index is 1.89. The molecular formula is C18H24N4O2. The second kappa shape index (κ2) is 8.29. The molecule has 0 aliphatic rings. The first-order chi connectivity index (χ1) is 11.5. The highest BCUT2D eigenvalue weighted by Gasteiger charge is 2.11. The van der Waals surface area contributed by atoms with E-state index in [4.69, 9.17) is 4.74 Å². The maximum absolute atomic E-state index is 12.3. The zero-order valence-electron chi connectivity index (χ0n) is 14.7. The average Bonchev–Trinajstić information content (AvgIpc) is 2.58. The largest absolute Gasteiger partial charge is 0.496 e. The third-order valence-electron chi connectivity index (χ3n) is 3.58. The summed E-state index contributed by atoms with van der Waals surface area (Å²) in [5, 5.41) is 2.91. The molecule has 1 aromatic carbocycles. The third kappa shape index (κ3) is 4.68. The van der Waals surface area contributed by atoms with Gasteiger partial charge in [0.1, 0.15) is 11.4 Å². The highest BCUT2D eigenvalue weighted by atomic mass is 16.5. The minimum atomic E-state index is -0.177. The zero-order valence-corrected chi connectivity index (χ0v) is 14.7. The highest BCUT2D eigenvalue weighted by Crippen LogP contribution is 2.18. The van der Waals surface area contributed by atoms with Gasteiger partial charge in [0.05, 0.1) is 7.11 Å². The number of nitrogens with zero attached hydrogens (tertiary/aromatic N) is 3. The monoisotopic (exact) mass is 328 g/mol. The van der Waals surface area contributed by atoms with Crippen molar-refractivity contribution in [2.75, 3.05) is 32.6 Å². The lowest BCUT2D eigenvalue weighted by Gasteiger charge is -2.12. The second-order valence-electron chi connectivity index (χ2n) is 5.76. The van der Waals surface area contributed by atoms with Gasteiger partial charge in [-0.25, -0.2) is 9.97 Å². The average molecular weight is 328 g/mol. The van der Waals surface area contributed by atoms with Gasteiger partial charge in [0.15, 0.2) is 0 Å². The van der Waals surface area contributed by atoms with Gasteiger partial charge in [-0.05, 0) is 37.5 Å². The molecule has 0 radical (unpaired) electrons. The van der Waals surface area contributed by atoms with Gasteiger partial charge >= 0.3 is 0 Å². The Bertz CT molecular complexity index is 701. The number of hydrogen-bond donors (Lipinski definition) is 1. The van der Waals surface area contributed by atoms with Gasteiger partial charge in [0.25, 0.3) is 5.91 Å². The summed E-state index contributed by atoms with van der Waals surface area (Å²) in [6.07, 6.45) is 1.67. The number of rotatable bonds is 7. The molecule has 6 heteroatoms. The predicted molar refractivity (Wildman–Crippen MR) is 94.7 cm³/mol. The molecule has 0 saturated heterocycles. The quantitative estimate of drug-likeness (QED) is 0.790. The van der Waals surface area contributed by atoms with E-state index in [0.29, 0.717) is 18.2 Å². The van der Waals surface area contributed by atoms with Gasteiger partial charge in [-0.2, -0.15) is 0 Å². The van der Waals surface area contributed by atoms with Crippen molar-refractivity contribution >= 4 is 11.9 Å². The fourth-order valence-electron chi connectivity index (χ4n) is 2.35. The van der Waals surface area contributed by atoms with Crippen LogP contribution in [-0.2, 0) is 6.42 Å². The predicted octanol–water partition coefficient (Wildman–Crippen LogP) is 2.22. The molecule has 0 saturated carbocycles. The third-order valence-corrected chi connectivity index (χ3v) is 3.58. The van der Waals surface area contributed by atoms with Crippen LogP contribution < -0.4 is 15.0 Å². The molecular weight excluding hydrogens is 304 g/mol. The highest BCUT2D eigenvalue weighted by molar-refractivity contribution is 5.92. The number of anilines is 1. The molecule has 0 spiro atoms. The van der Waals surface area contributed by atoms with E-state index in [1.807, 2.05) is 45.3 Å². The van der Waals surface area contributed by atoms with Crippen LogP contribution in [0.5, 0.6) is 5.75 Å². The summed E-state index contributed by atoms with van der Waals surface area (Å²) >= 11 is 0. The van der Waals surface area contributed by atoms with Gasteiger partial charge in [-0.15, -0.1) is 0 Å². The van der Waals surface area contributed by atoms with Crippen LogP contribution >= 0.6 is 0 Å². The summed E-state index contributed by atoms with van der Waals surface area (Å²) in [6.45, 7) is 2.43. The molecule has 2 aromatic rings. The Morgan fingerprint density at radius 1 is 1.25 bits per heavy atom. The molecule has 0 aliphatic carbocycles. The van der Waals surface area contributed by atoms with Crippen LogP contribution in [0.4, 0.5) is 5.95 Å². The van der Waals surface area contributed by atoms with E-state index < -0.39 is 0 Å². The molecule has 0 aliphatic heterocycles. The standard InChI is InChI=1S/C18H24N4O2/c1-13-12-15(21-18(20-13)22(2)3)17(23)19-11-7-9-14-8-5-6-10-16(14)24-4/h5-6,8,10,12H,7,9,11H2,1-4H3,(H,19,23). The number of methoxy groups -OCH3 is 1. The van der Waals surface area contributed by atoms with Gasteiger partial charge in [-0.1, -0.05) is 18.2 Å². The Morgan fingerprint density at radius 3 is 2.71 bits per heavy atom. The van der Waals surface area contributed by atoms with E-state index >= 15 is 0 Å². The first-order valence-electron chi connectivity index (χ1n) is 7.94. The first-order valence-corrected chi connectivity index (χ1v) is 7.94. The van der Waals surface area contributed by atoms with Gasteiger partial charge in [0.2, 0.25) is 5.95 Å². The number of carbonyl (C=O) groups is 1. The van der Waals surface area contributed by atoms with Crippen LogP contribution in [0.2, 0.25) is 0 Å². The van der Waals surface area contributed by atoms with Crippen LogP contribution in [0.1, 0.15) is 28.2 Å². The number of hydrogen-bond acceptors (Lipinski definition) is 5. The lowest BCUT2D eigenvalue weighted by atomic mass is 10.1. The number of ether oxygens (including phenoxy) is 1. The maximum atomic E-state index is 12.3. The molecule has 1 amide bonds. The van der Waals surface area contributed by atoms with Gasteiger partial charge in [-0.3, -0.25) is 4.79 Å². The summed E-state index contributed by atoms with van der Waals surface area (Å²) in [5.41, 5.74) is 2.30. The van der Waals surface area contributed by atoms with E-state index in [0.717, 1.165) is 29.8 Å². The topological polar surface area (TPSA) is 67.3 Å². The van der Waals surface area contributed by atoms with Crippen molar-refractivity contribution in [2.24, 2.45) is 0 Å². The molecule has 2 rings (SSSR count). The van der Waals surface area contributed by atoms with E-state index in [1.54, 1.807) is 18.1 Å². The van der Waals surface area contributed by atoms with Crippen molar-refractivity contribution < 1.29 is 9.53 Å². The summed E-state index contributed by atoms with van der Waals surface area (Å²) in [6, 6.07) is 9.62. The van der Waals surface area contributed by atoms with Crippen molar-refractivity contribution in [3.05, 3.63) is 47.3 Å². The zero-order chi connectivity index (χ0) is 17.5. The minimum absolute atomic E-state index is 0.177. The number of nitrogens with one attached hydrogen (secondary N) is 1. The van der Waals surface area contributed by atoms with E-state index in [1.165, 1.54) is 0 Å². The van der Waals surface area contributed by atoms with Crippen molar-refractivity contribution in [1.29, 1.82) is 0 Å². The molecule has 0 fully saturated rings. The fraction of sp³-hybridized carbons (Fsp3) is 0.389. The summed E-state index contributed by atoms with van der Waals surface area (Å²) < 4.78 is 5.33. The number of benzene rings is 1. The van der Waals surface area contributed by atoms with Crippen molar-refractivity contribution in [1.82, 2.24) is 15.3 Å². The van der Waals surface area contributed by atoms with Crippen molar-refractivity contribution in [3.8, 4) is 5.75 Å². The van der Waals surface area contributed by atoms with E-state index in [2.05, 4.69) is 15.3 Å². The van der Waals surface area contributed by atoms with Crippen molar-refractivity contribution in [3.63, 3.8) is 0 Å². The van der Waals surface area contributed by atoms with Crippen LogP contribution in [0.15, 0.2) is 30.3 Å². The minimum Gasteiger partial charge on any atom is -0.496 e. The Hall–Kier alpha value is -2.63.